The summed E-state index contributed by atoms with van der Waals surface area (Å²) in [6.07, 6.45) is 1.95. The van der Waals surface area contributed by atoms with E-state index in [1.807, 2.05) is 0 Å². The smallest absolute Gasteiger partial charge is 0.409 e. The molecule has 1 heterocycles. The molecule has 1 saturated heterocycles. The molecule has 1 atom stereocenters. The van der Waals surface area contributed by atoms with E-state index >= 15 is 0 Å². The topological polar surface area (TPSA) is 38.8 Å². The van der Waals surface area contributed by atoms with E-state index in [1.165, 1.54) is 7.11 Å². The monoisotopic (exact) mass is 173 g/mol. The summed E-state index contributed by atoms with van der Waals surface area (Å²) >= 11 is 0. The summed E-state index contributed by atoms with van der Waals surface area (Å²) in [5, 5.41) is 0. The molecule has 4 heteroatoms. The number of methoxy groups -OCH3 is 2. The van der Waals surface area contributed by atoms with Crippen molar-refractivity contribution >= 4 is 6.09 Å². The van der Waals surface area contributed by atoms with Gasteiger partial charge >= 0.3 is 6.09 Å². The molecule has 0 aromatic carbocycles. The standard InChI is InChI=1S/C8H15NO3/c1-11-7-4-3-5-9(6-7)8(10)12-2/h7H,3-6H2,1-2H3. The van der Waals surface area contributed by atoms with E-state index in [9.17, 15) is 4.79 Å². The first-order valence-electron chi connectivity index (χ1n) is 4.13. The maximum Gasteiger partial charge on any atom is 0.409 e. The lowest BCUT2D eigenvalue weighted by Crippen LogP contribution is -2.42. The first-order chi connectivity index (χ1) is 5.77. The van der Waals surface area contributed by atoms with Crippen LogP contribution in [0.25, 0.3) is 0 Å². The minimum Gasteiger partial charge on any atom is -0.453 e. The van der Waals surface area contributed by atoms with Crippen molar-refractivity contribution in [2.24, 2.45) is 0 Å². The average molecular weight is 173 g/mol. The SMILES string of the molecule is COC(=O)N1CCCC(OC)C1. The minimum atomic E-state index is -0.253. The second-order valence-corrected chi connectivity index (χ2v) is 2.92. The Morgan fingerprint density at radius 1 is 1.50 bits per heavy atom. The van der Waals surface area contributed by atoms with Gasteiger partial charge in [0, 0.05) is 13.7 Å². The molecular weight excluding hydrogens is 158 g/mol. The second-order valence-electron chi connectivity index (χ2n) is 2.92. The van der Waals surface area contributed by atoms with Crippen molar-refractivity contribution in [1.82, 2.24) is 4.90 Å². The normalized spacial score (nSPS) is 23.8. The van der Waals surface area contributed by atoms with Crippen molar-refractivity contribution in [3.63, 3.8) is 0 Å². The summed E-state index contributed by atoms with van der Waals surface area (Å²) in [5.74, 6) is 0. The minimum absolute atomic E-state index is 0.179. The quantitative estimate of drug-likeness (QED) is 0.590. The maximum atomic E-state index is 11.1. The molecule has 0 aromatic rings. The fourth-order valence-electron chi connectivity index (χ4n) is 1.43. The number of likely N-dealkylation sites (tertiary alicyclic amines) is 1. The Bertz CT molecular complexity index is 160. The van der Waals surface area contributed by atoms with Crippen molar-refractivity contribution in [2.75, 3.05) is 27.3 Å². The zero-order valence-corrected chi connectivity index (χ0v) is 7.58. The molecule has 1 aliphatic heterocycles. The zero-order chi connectivity index (χ0) is 8.97. The molecule has 1 aliphatic rings. The van der Waals surface area contributed by atoms with Crippen LogP contribution < -0.4 is 0 Å². The van der Waals surface area contributed by atoms with Crippen LogP contribution in [0.2, 0.25) is 0 Å². The Balaban J connectivity index is 2.40. The van der Waals surface area contributed by atoms with Crippen molar-refractivity contribution < 1.29 is 14.3 Å². The van der Waals surface area contributed by atoms with E-state index in [2.05, 4.69) is 4.74 Å². The Kier molecular flexibility index (Phi) is 3.34. The van der Waals surface area contributed by atoms with Crippen LogP contribution in [0.3, 0.4) is 0 Å². The Labute approximate surface area is 72.4 Å². The number of nitrogens with zero attached hydrogens (tertiary/aromatic N) is 1. The van der Waals surface area contributed by atoms with Crippen LogP contribution in [0.5, 0.6) is 0 Å². The van der Waals surface area contributed by atoms with Gasteiger partial charge in [-0.25, -0.2) is 4.79 Å². The van der Waals surface area contributed by atoms with Gasteiger partial charge < -0.3 is 14.4 Å². The molecule has 0 aromatic heterocycles. The molecule has 1 amide bonds. The number of piperidine rings is 1. The van der Waals surface area contributed by atoms with Gasteiger partial charge in [-0.1, -0.05) is 0 Å². The van der Waals surface area contributed by atoms with Crippen molar-refractivity contribution in [3.8, 4) is 0 Å². The third-order valence-corrected chi connectivity index (χ3v) is 2.14. The number of amides is 1. The van der Waals surface area contributed by atoms with E-state index in [0.717, 1.165) is 19.4 Å². The van der Waals surface area contributed by atoms with E-state index in [4.69, 9.17) is 4.74 Å². The number of carbonyl (C=O) groups excluding carboxylic acids is 1. The Morgan fingerprint density at radius 2 is 2.25 bits per heavy atom. The van der Waals surface area contributed by atoms with Crippen LogP contribution in [0.1, 0.15) is 12.8 Å². The predicted octanol–water partition coefficient (Wildman–Crippen LogP) is 0.864. The summed E-state index contributed by atoms with van der Waals surface area (Å²) in [6.45, 7) is 1.44. The van der Waals surface area contributed by atoms with E-state index < -0.39 is 0 Å². The van der Waals surface area contributed by atoms with Crippen molar-refractivity contribution in [2.45, 2.75) is 18.9 Å². The van der Waals surface area contributed by atoms with E-state index in [0.29, 0.717) is 6.54 Å². The van der Waals surface area contributed by atoms with Crippen LogP contribution in [0.4, 0.5) is 4.79 Å². The van der Waals surface area contributed by atoms with Crippen LogP contribution in [-0.4, -0.2) is 44.4 Å². The molecule has 0 aliphatic carbocycles. The average Bonchev–Trinajstić information content (AvgIpc) is 2.17. The van der Waals surface area contributed by atoms with Crippen LogP contribution in [0.15, 0.2) is 0 Å². The maximum absolute atomic E-state index is 11.1. The molecule has 1 fully saturated rings. The lowest BCUT2D eigenvalue weighted by atomic mass is 10.1. The summed E-state index contributed by atoms with van der Waals surface area (Å²) in [4.78, 5) is 12.8. The first kappa shape index (κ1) is 9.32. The highest BCUT2D eigenvalue weighted by Crippen LogP contribution is 2.12. The number of hydrogen-bond donors (Lipinski definition) is 0. The molecule has 1 unspecified atom stereocenters. The number of carbonyl (C=O) groups is 1. The number of ether oxygens (including phenoxy) is 2. The van der Waals surface area contributed by atoms with Gasteiger partial charge in [-0.15, -0.1) is 0 Å². The molecule has 12 heavy (non-hydrogen) atoms. The van der Waals surface area contributed by atoms with Crippen LogP contribution in [-0.2, 0) is 9.47 Å². The highest BCUT2D eigenvalue weighted by Gasteiger charge is 2.23. The number of rotatable bonds is 1. The third kappa shape index (κ3) is 2.11. The van der Waals surface area contributed by atoms with Gasteiger partial charge in [0.05, 0.1) is 19.8 Å². The third-order valence-electron chi connectivity index (χ3n) is 2.14. The van der Waals surface area contributed by atoms with E-state index in [-0.39, 0.29) is 12.2 Å². The summed E-state index contributed by atoms with van der Waals surface area (Å²) in [7, 11) is 3.07. The lowest BCUT2D eigenvalue weighted by molar-refractivity contribution is 0.0288. The fourth-order valence-corrected chi connectivity index (χ4v) is 1.43. The van der Waals surface area contributed by atoms with Crippen molar-refractivity contribution in [3.05, 3.63) is 0 Å². The van der Waals surface area contributed by atoms with E-state index in [1.54, 1.807) is 12.0 Å². The van der Waals surface area contributed by atoms with Gasteiger partial charge in [0.1, 0.15) is 0 Å². The van der Waals surface area contributed by atoms with Crippen molar-refractivity contribution in [1.29, 1.82) is 0 Å². The largest absolute Gasteiger partial charge is 0.453 e. The summed E-state index contributed by atoms with van der Waals surface area (Å²) < 4.78 is 9.78. The van der Waals surface area contributed by atoms with Crippen LogP contribution >= 0.6 is 0 Å². The lowest BCUT2D eigenvalue weighted by Gasteiger charge is -2.30. The van der Waals surface area contributed by atoms with Crippen LogP contribution in [0, 0.1) is 0 Å². The molecule has 4 nitrogen and oxygen atoms in total. The summed E-state index contributed by atoms with van der Waals surface area (Å²) in [5.41, 5.74) is 0. The molecular formula is C8H15NO3. The van der Waals surface area contributed by atoms with Gasteiger partial charge in [0.2, 0.25) is 0 Å². The molecule has 1 rings (SSSR count). The Hall–Kier alpha value is -0.770. The number of hydrogen-bond acceptors (Lipinski definition) is 3. The molecule has 0 spiro atoms. The summed E-state index contributed by atoms with van der Waals surface area (Å²) in [6, 6.07) is 0. The van der Waals surface area contributed by atoms with Gasteiger partial charge in [-0.2, -0.15) is 0 Å². The zero-order valence-electron chi connectivity index (χ0n) is 7.58. The van der Waals surface area contributed by atoms with Gasteiger partial charge in [-0.05, 0) is 12.8 Å². The second kappa shape index (κ2) is 4.30. The first-order valence-corrected chi connectivity index (χ1v) is 4.13. The Morgan fingerprint density at radius 3 is 2.83 bits per heavy atom. The predicted molar refractivity (Wildman–Crippen MR) is 44.0 cm³/mol. The van der Waals surface area contributed by atoms with Gasteiger partial charge in [0.15, 0.2) is 0 Å². The fraction of sp³-hybridized carbons (Fsp3) is 0.875. The molecule has 0 bridgehead atoms. The molecule has 0 radical (unpaired) electrons. The highest BCUT2D eigenvalue weighted by atomic mass is 16.5. The highest BCUT2D eigenvalue weighted by molar-refractivity contribution is 5.67. The molecule has 0 N–H and O–H groups in total. The van der Waals surface area contributed by atoms with Gasteiger partial charge in [0.25, 0.3) is 0 Å². The molecule has 0 saturated carbocycles. The van der Waals surface area contributed by atoms with Gasteiger partial charge in [-0.3, -0.25) is 0 Å². The molecule has 70 valence electrons.